The molecule has 0 radical (unpaired) electrons. The van der Waals surface area contributed by atoms with Crippen LogP contribution in [0.2, 0.25) is 0 Å². The number of alkyl halides is 2. The molecule has 0 aliphatic heterocycles. The second kappa shape index (κ2) is 7.59. The Morgan fingerprint density at radius 3 is 2.75 bits per heavy atom. The number of methoxy groups -OCH3 is 1. The van der Waals surface area contributed by atoms with Crippen LogP contribution in [0.1, 0.15) is 11.1 Å². The molecule has 4 nitrogen and oxygen atoms in total. The molecule has 0 heterocycles. The molecule has 0 unspecified atom stereocenters. The smallest absolute Gasteiger partial charge is 0.328 e. The standard InChI is InChI=1S/C14H17F2NO3/c1-17(9-13(15)16)8-11-7-12(20-2)5-3-10(11)4-6-14(18)19/h3-7,13H,8-9H2,1-2H3,(H,18,19)/b6-4+. The van der Waals surface area contributed by atoms with Gasteiger partial charge in [-0.25, -0.2) is 13.6 Å². The van der Waals surface area contributed by atoms with E-state index < -0.39 is 12.4 Å². The fourth-order valence-electron chi connectivity index (χ4n) is 1.76. The average molecular weight is 285 g/mol. The lowest BCUT2D eigenvalue weighted by Crippen LogP contribution is -2.24. The molecule has 1 rings (SSSR count). The van der Waals surface area contributed by atoms with Crippen LogP contribution in [-0.2, 0) is 11.3 Å². The first kappa shape index (κ1) is 16.1. The maximum Gasteiger partial charge on any atom is 0.328 e. The summed E-state index contributed by atoms with van der Waals surface area (Å²) in [5, 5.41) is 8.65. The largest absolute Gasteiger partial charge is 0.497 e. The summed E-state index contributed by atoms with van der Waals surface area (Å²) in [6.07, 6.45) is 0.0368. The molecule has 110 valence electrons. The Hall–Kier alpha value is -1.95. The molecule has 0 amide bonds. The highest BCUT2D eigenvalue weighted by Crippen LogP contribution is 2.20. The molecular formula is C14H17F2NO3. The number of halogens is 2. The van der Waals surface area contributed by atoms with E-state index in [-0.39, 0.29) is 13.1 Å². The van der Waals surface area contributed by atoms with E-state index in [0.717, 1.165) is 11.6 Å². The molecule has 0 aromatic heterocycles. The molecule has 0 saturated carbocycles. The molecule has 1 N–H and O–H groups in total. The van der Waals surface area contributed by atoms with Crippen molar-refractivity contribution in [2.45, 2.75) is 13.0 Å². The number of nitrogens with zero attached hydrogens (tertiary/aromatic N) is 1. The lowest BCUT2D eigenvalue weighted by Gasteiger charge is -2.18. The van der Waals surface area contributed by atoms with Crippen molar-refractivity contribution in [3.63, 3.8) is 0 Å². The van der Waals surface area contributed by atoms with Gasteiger partial charge < -0.3 is 9.84 Å². The summed E-state index contributed by atoms with van der Waals surface area (Å²) in [6, 6.07) is 5.10. The lowest BCUT2D eigenvalue weighted by molar-refractivity contribution is -0.131. The molecule has 0 aliphatic carbocycles. The number of aliphatic carboxylic acids is 1. The molecule has 0 spiro atoms. The van der Waals surface area contributed by atoms with Crippen LogP contribution in [0.3, 0.4) is 0 Å². The molecule has 20 heavy (non-hydrogen) atoms. The SMILES string of the molecule is COc1ccc(/C=C/C(=O)O)c(CN(C)CC(F)F)c1. The van der Waals surface area contributed by atoms with Gasteiger partial charge in [0.05, 0.1) is 13.7 Å². The minimum absolute atomic E-state index is 0.279. The number of ether oxygens (including phenoxy) is 1. The molecule has 0 bridgehead atoms. The van der Waals surface area contributed by atoms with E-state index >= 15 is 0 Å². The van der Waals surface area contributed by atoms with Crippen LogP contribution >= 0.6 is 0 Å². The number of hydrogen-bond acceptors (Lipinski definition) is 3. The van der Waals surface area contributed by atoms with Crippen molar-refractivity contribution in [3.8, 4) is 5.75 Å². The Morgan fingerprint density at radius 1 is 1.50 bits per heavy atom. The van der Waals surface area contributed by atoms with E-state index in [2.05, 4.69) is 0 Å². The van der Waals surface area contributed by atoms with E-state index in [1.165, 1.54) is 18.1 Å². The molecule has 1 aromatic carbocycles. The van der Waals surface area contributed by atoms with Crippen LogP contribution in [0, 0.1) is 0 Å². The molecule has 0 saturated heterocycles. The van der Waals surface area contributed by atoms with E-state index in [1.54, 1.807) is 25.2 Å². The van der Waals surface area contributed by atoms with E-state index in [4.69, 9.17) is 9.84 Å². The van der Waals surface area contributed by atoms with Gasteiger partial charge in [0.15, 0.2) is 0 Å². The summed E-state index contributed by atoms with van der Waals surface area (Å²) in [7, 11) is 3.09. The highest BCUT2D eigenvalue weighted by molar-refractivity contribution is 5.85. The number of carboxylic acid groups (broad SMARTS) is 1. The van der Waals surface area contributed by atoms with Crippen LogP contribution in [0.5, 0.6) is 5.75 Å². The zero-order chi connectivity index (χ0) is 15.1. The second-order valence-corrected chi connectivity index (χ2v) is 4.32. The Kier molecular flexibility index (Phi) is 6.11. The fourth-order valence-corrected chi connectivity index (χ4v) is 1.76. The van der Waals surface area contributed by atoms with Crippen LogP contribution in [-0.4, -0.2) is 43.1 Å². The normalized spacial score (nSPS) is 11.5. The third-order valence-corrected chi connectivity index (χ3v) is 2.65. The second-order valence-electron chi connectivity index (χ2n) is 4.32. The number of hydrogen-bond donors (Lipinski definition) is 1. The van der Waals surface area contributed by atoms with Crippen LogP contribution in [0.25, 0.3) is 6.08 Å². The average Bonchev–Trinajstić information content (AvgIpc) is 2.35. The number of benzene rings is 1. The zero-order valence-corrected chi connectivity index (χ0v) is 11.3. The summed E-state index contributed by atoms with van der Waals surface area (Å²) in [4.78, 5) is 12.0. The summed E-state index contributed by atoms with van der Waals surface area (Å²) in [6.45, 7) is -0.0693. The monoisotopic (exact) mass is 285 g/mol. The summed E-state index contributed by atoms with van der Waals surface area (Å²) < 4.78 is 29.8. The van der Waals surface area contributed by atoms with Crippen molar-refractivity contribution in [3.05, 3.63) is 35.4 Å². The first-order valence-corrected chi connectivity index (χ1v) is 5.97. The minimum atomic E-state index is -2.41. The van der Waals surface area contributed by atoms with Crippen LogP contribution in [0.4, 0.5) is 8.78 Å². The van der Waals surface area contributed by atoms with E-state index in [0.29, 0.717) is 11.3 Å². The molecule has 1 aromatic rings. The van der Waals surface area contributed by atoms with Gasteiger partial charge >= 0.3 is 5.97 Å². The Morgan fingerprint density at radius 2 is 2.20 bits per heavy atom. The molecule has 0 fully saturated rings. The predicted octanol–water partition coefficient (Wildman–Crippen LogP) is 2.49. The molecule has 6 heteroatoms. The maximum absolute atomic E-state index is 12.3. The quantitative estimate of drug-likeness (QED) is 0.782. The molecular weight excluding hydrogens is 268 g/mol. The van der Waals surface area contributed by atoms with Crippen molar-refractivity contribution < 1.29 is 23.4 Å². The van der Waals surface area contributed by atoms with Crippen molar-refractivity contribution in [1.82, 2.24) is 4.90 Å². The number of rotatable bonds is 7. The summed E-state index contributed by atoms with van der Waals surface area (Å²) in [5.41, 5.74) is 1.39. The first-order chi connectivity index (χ1) is 9.42. The first-order valence-electron chi connectivity index (χ1n) is 5.97. The Labute approximate surface area is 116 Å². The van der Waals surface area contributed by atoms with Gasteiger partial charge in [0, 0.05) is 12.6 Å². The van der Waals surface area contributed by atoms with Crippen molar-refractivity contribution in [2.75, 3.05) is 20.7 Å². The highest BCUT2D eigenvalue weighted by atomic mass is 19.3. The molecule has 0 aliphatic rings. The number of carboxylic acids is 1. The van der Waals surface area contributed by atoms with Crippen LogP contribution in [0.15, 0.2) is 24.3 Å². The zero-order valence-electron chi connectivity index (χ0n) is 11.3. The third-order valence-electron chi connectivity index (χ3n) is 2.65. The maximum atomic E-state index is 12.3. The van der Waals surface area contributed by atoms with Gasteiger partial charge in [0.2, 0.25) is 0 Å². The van der Waals surface area contributed by atoms with Crippen molar-refractivity contribution in [2.24, 2.45) is 0 Å². The summed E-state index contributed by atoms with van der Waals surface area (Å²) in [5.74, 6) is -0.467. The van der Waals surface area contributed by atoms with Gasteiger partial charge in [-0.1, -0.05) is 6.07 Å². The predicted molar refractivity (Wildman–Crippen MR) is 72.0 cm³/mol. The Bertz CT molecular complexity index is 489. The van der Waals surface area contributed by atoms with E-state index in [9.17, 15) is 13.6 Å². The Balaban J connectivity index is 2.97. The van der Waals surface area contributed by atoms with E-state index in [1.807, 2.05) is 0 Å². The minimum Gasteiger partial charge on any atom is -0.497 e. The van der Waals surface area contributed by atoms with Gasteiger partial charge in [0.1, 0.15) is 5.75 Å². The molecule has 0 atom stereocenters. The highest BCUT2D eigenvalue weighted by Gasteiger charge is 2.10. The van der Waals surface area contributed by atoms with Gasteiger partial charge in [0.25, 0.3) is 6.43 Å². The lowest BCUT2D eigenvalue weighted by atomic mass is 10.1. The third kappa shape index (κ3) is 5.36. The van der Waals surface area contributed by atoms with Crippen LogP contribution < -0.4 is 4.74 Å². The van der Waals surface area contributed by atoms with Gasteiger partial charge in [-0.2, -0.15) is 0 Å². The fraction of sp³-hybridized carbons (Fsp3) is 0.357. The van der Waals surface area contributed by atoms with Gasteiger partial charge in [-0.15, -0.1) is 0 Å². The topological polar surface area (TPSA) is 49.8 Å². The van der Waals surface area contributed by atoms with Gasteiger partial charge in [-0.05, 0) is 36.4 Å². The van der Waals surface area contributed by atoms with Gasteiger partial charge in [-0.3, -0.25) is 4.90 Å². The van der Waals surface area contributed by atoms with Crippen molar-refractivity contribution >= 4 is 12.0 Å². The number of carbonyl (C=O) groups is 1. The van der Waals surface area contributed by atoms with Crippen molar-refractivity contribution in [1.29, 1.82) is 0 Å². The summed E-state index contributed by atoms with van der Waals surface area (Å²) >= 11 is 0.